The van der Waals surface area contributed by atoms with Gasteiger partial charge in [-0.15, -0.1) is 0 Å². The second kappa shape index (κ2) is 7.12. The zero-order chi connectivity index (χ0) is 14.4. The van der Waals surface area contributed by atoms with Gasteiger partial charge >= 0.3 is 0 Å². The fraction of sp³-hybridized carbons (Fsp3) is 0.667. The van der Waals surface area contributed by atoms with E-state index in [1.54, 1.807) is 0 Å². The highest BCUT2D eigenvalue weighted by molar-refractivity contribution is 5.20. The van der Waals surface area contributed by atoms with Crippen LogP contribution in [0.2, 0.25) is 0 Å². The summed E-state index contributed by atoms with van der Waals surface area (Å²) in [5.41, 5.74) is 0.393. The van der Waals surface area contributed by atoms with Gasteiger partial charge in [0.05, 0.1) is 6.61 Å². The summed E-state index contributed by atoms with van der Waals surface area (Å²) in [7, 11) is 0. The van der Waals surface area contributed by atoms with Crippen LogP contribution in [0.4, 0.5) is 0 Å². The lowest BCUT2D eigenvalue weighted by Crippen LogP contribution is -2.36. The summed E-state index contributed by atoms with van der Waals surface area (Å²) < 4.78 is 5.88. The van der Waals surface area contributed by atoms with Crippen LogP contribution in [0.3, 0.4) is 0 Å². The molecule has 0 heterocycles. The number of para-hydroxylation sites is 1. The van der Waals surface area contributed by atoms with Crippen molar-refractivity contribution in [1.82, 2.24) is 5.32 Å². The maximum Gasteiger partial charge on any atom is 0.119 e. The van der Waals surface area contributed by atoms with Crippen molar-refractivity contribution in [2.75, 3.05) is 19.7 Å². The number of hydrogen-bond acceptors (Lipinski definition) is 2. The first-order chi connectivity index (χ1) is 9.60. The molecule has 112 valence electrons. The minimum Gasteiger partial charge on any atom is -0.494 e. The third kappa shape index (κ3) is 4.82. The van der Waals surface area contributed by atoms with Crippen LogP contribution in [0.15, 0.2) is 30.3 Å². The largest absolute Gasteiger partial charge is 0.494 e. The Hall–Kier alpha value is -1.02. The van der Waals surface area contributed by atoms with Crippen LogP contribution in [-0.2, 0) is 0 Å². The van der Waals surface area contributed by atoms with E-state index in [0.717, 1.165) is 43.7 Å². The van der Waals surface area contributed by atoms with Crippen LogP contribution in [0, 0.1) is 17.3 Å². The van der Waals surface area contributed by atoms with Crippen molar-refractivity contribution in [1.29, 1.82) is 0 Å². The minimum atomic E-state index is 0.393. The maximum absolute atomic E-state index is 5.88. The Kier molecular flexibility index (Phi) is 5.47. The SMILES string of the molecule is CC(C)CNCC(C)(CCOc1ccccc1)C1CC1. The molecule has 0 aliphatic heterocycles. The number of hydrogen-bond donors (Lipinski definition) is 1. The summed E-state index contributed by atoms with van der Waals surface area (Å²) in [4.78, 5) is 0. The molecule has 2 nitrogen and oxygen atoms in total. The van der Waals surface area contributed by atoms with Gasteiger partial charge in [0.15, 0.2) is 0 Å². The van der Waals surface area contributed by atoms with Gasteiger partial charge in [0.2, 0.25) is 0 Å². The molecular formula is C18H29NO. The van der Waals surface area contributed by atoms with Gasteiger partial charge in [0.25, 0.3) is 0 Å². The van der Waals surface area contributed by atoms with Crippen LogP contribution in [0.25, 0.3) is 0 Å². The van der Waals surface area contributed by atoms with E-state index in [0.29, 0.717) is 5.41 Å². The summed E-state index contributed by atoms with van der Waals surface area (Å²) in [5, 5.41) is 3.64. The molecule has 0 aromatic heterocycles. The van der Waals surface area contributed by atoms with Crippen molar-refractivity contribution in [3.8, 4) is 5.75 Å². The lowest BCUT2D eigenvalue weighted by Gasteiger charge is -2.30. The van der Waals surface area contributed by atoms with E-state index in [2.05, 4.69) is 26.1 Å². The standard InChI is InChI=1S/C18H29NO/c1-15(2)13-19-14-18(3,16-9-10-16)11-12-20-17-7-5-4-6-8-17/h4-8,15-16,19H,9-14H2,1-3H3. The lowest BCUT2D eigenvalue weighted by atomic mass is 9.81. The van der Waals surface area contributed by atoms with Gasteiger partial charge in [-0.25, -0.2) is 0 Å². The quantitative estimate of drug-likeness (QED) is 0.732. The Labute approximate surface area is 123 Å². The van der Waals surface area contributed by atoms with Crippen LogP contribution < -0.4 is 10.1 Å². The number of ether oxygens (including phenoxy) is 1. The van der Waals surface area contributed by atoms with E-state index in [-0.39, 0.29) is 0 Å². The van der Waals surface area contributed by atoms with Crippen LogP contribution in [0.5, 0.6) is 5.75 Å². The van der Waals surface area contributed by atoms with E-state index in [1.807, 2.05) is 30.3 Å². The van der Waals surface area contributed by atoms with Gasteiger partial charge in [-0.05, 0) is 55.2 Å². The molecule has 2 heteroatoms. The first-order valence-electron chi connectivity index (χ1n) is 7.99. The topological polar surface area (TPSA) is 21.3 Å². The highest BCUT2D eigenvalue weighted by Gasteiger charge is 2.40. The maximum atomic E-state index is 5.88. The van der Waals surface area contributed by atoms with Gasteiger partial charge < -0.3 is 10.1 Å². The molecule has 0 saturated heterocycles. The van der Waals surface area contributed by atoms with E-state index in [9.17, 15) is 0 Å². The number of nitrogens with one attached hydrogen (secondary N) is 1. The third-order valence-electron chi connectivity index (χ3n) is 4.33. The van der Waals surface area contributed by atoms with Gasteiger partial charge in [0.1, 0.15) is 5.75 Å². The molecule has 0 bridgehead atoms. The second-order valence-electron chi connectivity index (χ2n) is 6.86. The first-order valence-corrected chi connectivity index (χ1v) is 7.99. The molecule has 1 aliphatic carbocycles. The molecular weight excluding hydrogens is 246 g/mol. The monoisotopic (exact) mass is 275 g/mol. The molecule has 1 aromatic carbocycles. The molecule has 1 fully saturated rings. The molecule has 1 aromatic rings. The van der Waals surface area contributed by atoms with Crippen molar-refractivity contribution < 1.29 is 4.74 Å². The third-order valence-corrected chi connectivity index (χ3v) is 4.33. The Morgan fingerprint density at radius 3 is 2.55 bits per heavy atom. The Morgan fingerprint density at radius 2 is 1.95 bits per heavy atom. The minimum absolute atomic E-state index is 0.393. The predicted molar refractivity (Wildman–Crippen MR) is 85.1 cm³/mol. The molecule has 1 unspecified atom stereocenters. The van der Waals surface area contributed by atoms with E-state index < -0.39 is 0 Å². The highest BCUT2D eigenvalue weighted by atomic mass is 16.5. The van der Waals surface area contributed by atoms with E-state index in [1.165, 1.54) is 12.8 Å². The second-order valence-corrected chi connectivity index (χ2v) is 6.86. The Balaban J connectivity index is 1.76. The summed E-state index contributed by atoms with van der Waals surface area (Å²) in [6.45, 7) is 10.0. The average Bonchev–Trinajstić information content (AvgIpc) is 3.24. The van der Waals surface area contributed by atoms with Crippen molar-refractivity contribution in [2.45, 2.75) is 40.0 Å². The average molecular weight is 275 g/mol. The molecule has 2 rings (SSSR count). The number of rotatable bonds is 9. The van der Waals surface area contributed by atoms with Crippen molar-refractivity contribution in [3.63, 3.8) is 0 Å². The van der Waals surface area contributed by atoms with Gasteiger partial charge in [-0.2, -0.15) is 0 Å². The summed E-state index contributed by atoms with van der Waals surface area (Å²) in [6, 6.07) is 10.1. The fourth-order valence-corrected chi connectivity index (χ4v) is 2.78. The van der Waals surface area contributed by atoms with Crippen molar-refractivity contribution >= 4 is 0 Å². The fourth-order valence-electron chi connectivity index (χ4n) is 2.78. The van der Waals surface area contributed by atoms with Crippen molar-refractivity contribution in [2.24, 2.45) is 17.3 Å². The molecule has 0 radical (unpaired) electrons. The molecule has 0 spiro atoms. The summed E-state index contributed by atoms with van der Waals surface area (Å²) >= 11 is 0. The molecule has 1 N–H and O–H groups in total. The van der Waals surface area contributed by atoms with Crippen molar-refractivity contribution in [3.05, 3.63) is 30.3 Å². The van der Waals surface area contributed by atoms with Gasteiger partial charge in [-0.1, -0.05) is 39.0 Å². The van der Waals surface area contributed by atoms with Gasteiger partial charge in [-0.3, -0.25) is 0 Å². The van der Waals surface area contributed by atoms with E-state index in [4.69, 9.17) is 4.74 Å². The zero-order valence-electron chi connectivity index (χ0n) is 13.2. The zero-order valence-corrected chi connectivity index (χ0v) is 13.2. The predicted octanol–water partition coefficient (Wildman–Crippen LogP) is 4.12. The number of benzene rings is 1. The van der Waals surface area contributed by atoms with Crippen LogP contribution in [0.1, 0.15) is 40.0 Å². The summed E-state index contributed by atoms with van der Waals surface area (Å²) in [5.74, 6) is 2.60. The molecule has 20 heavy (non-hydrogen) atoms. The van der Waals surface area contributed by atoms with Crippen LogP contribution >= 0.6 is 0 Å². The van der Waals surface area contributed by atoms with Gasteiger partial charge in [0, 0.05) is 6.54 Å². The first kappa shape index (κ1) is 15.4. The smallest absolute Gasteiger partial charge is 0.119 e. The Morgan fingerprint density at radius 1 is 1.25 bits per heavy atom. The molecule has 1 saturated carbocycles. The summed E-state index contributed by atoms with van der Waals surface area (Å²) in [6.07, 6.45) is 3.92. The molecule has 0 amide bonds. The lowest BCUT2D eigenvalue weighted by molar-refractivity contribution is 0.179. The van der Waals surface area contributed by atoms with Crippen LogP contribution in [-0.4, -0.2) is 19.7 Å². The van der Waals surface area contributed by atoms with E-state index >= 15 is 0 Å². The normalized spacial score (nSPS) is 18.0. The Bertz CT molecular complexity index is 386. The molecule has 1 aliphatic rings. The molecule has 1 atom stereocenters. The highest BCUT2D eigenvalue weighted by Crippen LogP contribution is 2.47.